The summed E-state index contributed by atoms with van der Waals surface area (Å²) in [5.41, 5.74) is 2.14. The molecule has 0 bridgehead atoms. The Kier molecular flexibility index (Phi) is 5.39. The number of amides is 1. The summed E-state index contributed by atoms with van der Waals surface area (Å²) < 4.78 is 11.5. The monoisotopic (exact) mass is 405 g/mol. The second-order valence-corrected chi connectivity index (χ2v) is 7.03. The molecule has 1 amide bonds. The van der Waals surface area contributed by atoms with E-state index in [4.69, 9.17) is 9.47 Å². The Balaban J connectivity index is 1.98. The van der Waals surface area contributed by atoms with Gasteiger partial charge in [0.1, 0.15) is 0 Å². The number of nitrogens with zero attached hydrogens (tertiary/aromatic N) is 1. The maximum absolute atomic E-state index is 13.0. The number of allylic oxidation sites excluding steroid dienone is 1. The molecular weight excluding hydrogens is 386 g/mol. The molecule has 3 rings (SSSR count). The van der Waals surface area contributed by atoms with Crippen LogP contribution in [0.2, 0.25) is 0 Å². The molecule has 5 nitrogen and oxygen atoms in total. The van der Waals surface area contributed by atoms with Crippen molar-refractivity contribution >= 4 is 33.9 Å². The van der Waals surface area contributed by atoms with Gasteiger partial charge in [0, 0.05) is 16.8 Å². The Hall–Kier alpha value is -1.92. The molecule has 2 heterocycles. The molecule has 0 N–H and O–H groups in total. The molecule has 2 aliphatic heterocycles. The van der Waals surface area contributed by atoms with Gasteiger partial charge in [-0.1, -0.05) is 28.1 Å². The summed E-state index contributed by atoms with van der Waals surface area (Å²) in [5, 5.41) is 0. The molecule has 0 spiro atoms. The van der Waals surface area contributed by atoms with E-state index < -0.39 is 5.97 Å². The Morgan fingerprint density at radius 1 is 1.48 bits per heavy atom. The van der Waals surface area contributed by atoms with Crippen LogP contribution in [0.1, 0.15) is 25.3 Å². The molecule has 0 radical (unpaired) electrons. The van der Waals surface area contributed by atoms with Gasteiger partial charge >= 0.3 is 5.97 Å². The number of esters is 1. The molecule has 1 saturated heterocycles. The fourth-order valence-corrected chi connectivity index (χ4v) is 3.62. The highest BCUT2D eigenvalue weighted by Gasteiger charge is 2.38. The minimum Gasteiger partial charge on any atom is -0.465 e. The number of carbonyl (C=O) groups is 2. The first kappa shape index (κ1) is 17.9. The third-order valence-electron chi connectivity index (χ3n) is 4.47. The van der Waals surface area contributed by atoms with E-state index in [1.807, 2.05) is 24.3 Å². The van der Waals surface area contributed by atoms with E-state index >= 15 is 0 Å². The van der Waals surface area contributed by atoms with Crippen molar-refractivity contribution in [3.8, 4) is 0 Å². The van der Waals surface area contributed by atoms with E-state index in [1.165, 1.54) is 7.11 Å². The lowest BCUT2D eigenvalue weighted by Crippen LogP contribution is -2.33. The fraction of sp³-hybridized carbons (Fsp3) is 0.368. The number of rotatable bonds is 4. The van der Waals surface area contributed by atoms with Crippen molar-refractivity contribution in [1.82, 2.24) is 4.90 Å². The molecule has 132 valence electrons. The van der Waals surface area contributed by atoms with Gasteiger partial charge in [-0.2, -0.15) is 0 Å². The maximum atomic E-state index is 13.0. The number of ether oxygens (including phenoxy) is 2. The lowest BCUT2D eigenvalue weighted by atomic mass is 10.0. The zero-order chi connectivity index (χ0) is 18.0. The number of hydrogen-bond donors (Lipinski definition) is 0. The van der Waals surface area contributed by atoms with E-state index in [0.717, 1.165) is 29.5 Å². The number of carbonyl (C=O) groups excluding carboxylic acids is 2. The topological polar surface area (TPSA) is 55.8 Å². The zero-order valence-corrected chi connectivity index (χ0v) is 15.8. The molecular formula is C19H20BrNO4. The lowest BCUT2D eigenvalue weighted by molar-refractivity contribution is -0.136. The Labute approximate surface area is 155 Å². The van der Waals surface area contributed by atoms with Crippen molar-refractivity contribution in [3.05, 3.63) is 51.1 Å². The number of benzene rings is 1. The van der Waals surface area contributed by atoms with Crippen LogP contribution in [0.25, 0.3) is 6.08 Å². The van der Waals surface area contributed by atoms with Crippen LogP contribution in [0.15, 0.2) is 45.6 Å². The summed E-state index contributed by atoms with van der Waals surface area (Å²) in [4.78, 5) is 26.9. The van der Waals surface area contributed by atoms with Gasteiger partial charge < -0.3 is 14.4 Å². The molecule has 0 aromatic heterocycles. The molecule has 1 aromatic rings. The highest BCUT2D eigenvalue weighted by molar-refractivity contribution is 9.10. The zero-order valence-electron chi connectivity index (χ0n) is 14.3. The van der Waals surface area contributed by atoms with Crippen LogP contribution in [0.3, 0.4) is 0 Å². The third kappa shape index (κ3) is 3.70. The van der Waals surface area contributed by atoms with Crippen molar-refractivity contribution < 1.29 is 19.1 Å². The predicted molar refractivity (Wildman–Crippen MR) is 97.5 cm³/mol. The largest absolute Gasteiger partial charge is 0.465 e. The molecule has 6 heteroatoms. The standard InChI is InChI=1S/C19H20BrNO4/c1-12-17(19(23)24-2)16(10-13-5-3-6-14(20)9-13)18(22)21(12)11-15-7-4-8-25-15/h3,5-6,9-10,15H,4,7-8,11H2,1-2H3. The summed E-state index contributed by atoms with van der Waals surface area (Å²) in [6.45, 7) is 2.96. The van der Waals surface area contributed by atoms with Crippen LogP contribution in [-0.2, 0) is 19.1 Å². The number of methoxy groups -OCH3 is 1. The average molecular weight is 406 g/mol. The van der Waals surface area contributed by atoms with Crippen molar-refractivity contribution in [3.63, 3.8) is 0 Å². The van der Waals surface area contributed by atoms with E-state index in [2.05, 4.69) is 15.9 Å². The Morgan fingerprint density at radius 3 is 2.92 bits per heavy atom. The van der Waals surface area contributed by atoms with Gasteiger partial charge in [0.25, 0.3) is 5.91 Å². The van der Waals surface area contributed by atoms with Crippen LogP contribution in [0, 0.1) is 0 Å². The summed E-state index contributed by atoms with van der Waals surface area (Å²) >= 11 is 3.42. The van der Waals surface area contributed by atoms with Crippen LogP contribution in [0.4, 0.5) is 0 Å². The van der Waals surface area contributed by atoms with Gasteiger partial charge in [-0.3, -0.25) is 4.79 Å². The average Bonchev–Trinajstić information content (AvgIpc) is 3.18. The molecule has 2 aliphatic rings. The SMILES string of the molecule is COC(=O)C1=C(C)N(CC2CCCO2)C(=O)C1=Cc1cccc(Br)c1. The van der Waals surface area contributed by atoms with E-state index in [1.54, 1.807) is 17.9 Å². The minimum atomic E-state index is -0.498. The highest BCUT2D eigenvalue weighted by Crippen LogP contribution is 2.33. The minimum absolute atomic E-state index is 0.0167. The van der Waals surface area contributed by atoms with Gasteiger partial charge in [0.2, 0.25) is 0 Å². The third-order valence-corrected chi connectivity index (χ3v) is 4.96. The highest BCUT2D eigenvalue weighted by atomic mass is 79.9. The summed E-state index contributed by atoms with van der Waals surface area (Å²) in [6.07, 6.45) is 3.68. The summed E-state index contributed by atoms with van der Waals surface area (Å²) in [5.74, 6) is -0.685. The van der Waals surface area contributed by atoms with E-state index in [-0.39, 0.29) is 12.0 Å². The molecule has 1 fully saturated rings. The van der Waals surface area contributed by atoms with Gasteiger partial charge in [-0.25, -0.2) is 4.79 Å². The van der Waals surface area contributed by atoms with Gasteiger partial charge in [0.15, 0.2) is 0 Å². The van der Waals surface area contributed by atoms with Crippen molar-refractivity contribution in [2.75, 3.05) is 20.3 Å². The van der Waals surface area contributed by atoms with Crippen LogP contribution in [-0.4, -0.2) is 43.1 Å². The molecule has 0 saturated carbocycles. The predicted octanol–water partition coefficient (Wildman–Crippen LogP) is 3.30. The summed E-state index contributed by atoms with van der Waals surface area (Å²) in [6, 6.07) is 7.57. The second kappa shape index (κ2) is 7.54. The van der Waals surface area contributed by atoms with Crippen LogP contribution in [0.5, 0.6) is 0 Å². The lowest BCUT2D eigenvalue weighted by Gasteiger charge is -2.21. The molecule has 1 aromatic carbocycles. The van der Waals surface area contributed by atoms with Crippen LogP contribution >= 0.6 is 15.9 Å². The fourth-order valence-electron chi connectivity index (χ4n) is 3.20. The maximum Gasteiger partial charge on any atom is 0.340 e. The normalized spacial score (nSPS) is 22.2. The first-order chi connectivity index (χ1) is 12.0. The van der Waals surface area contributed by atoms with Gasteiger partial charge in [-0.15, -0.1) is 0 Å². The van der Waals surface area contributed by atoms with Crippen molar-refractivity contribution in [2.45, 2.75) is 25.9 Å². The van der Waals surface area contributed by atoms with Gasteiger partial charge in [-0.05, 0) is 43.5 Å². The van der Waals surface area contributed by atoms with E-state index in [9.17, 15) is 9.59 Å². The van der Waals surface area contributed by atoms with Gasteiger partial charge in [0.05, 0.1) is 30.9 Å². The number of halogens is 1. The first-order valence-electron chi connectivity index (χ1n) is 8.21. The quantitative estimate of drug-likeness (QED) is 0.569. The second-order valence-electron chi connectivity index (χ2n) is 6.12. The Morgan fingerprint density at radius 2 is 2.28 bits per heavy atom. The van der Waals surface area contributed by atoms with Crippen LogP contribution < -0.4 is 0 Å². The first-order valence-corrected chi connectivity index (χ1v) is 9.01. The Bertz CT molecular complexity index is 762. The molecule has 25 heavy (non-hydrogen) atoms. The molecule has 1 atom stereocenters. The van der Waals surface area contributed by atoms with Crippen molar-refractivity contribution in [1.29, 1.82) is 0 Å². The summed E-state index contributed by atoms with van der Waals surface area (Å²) in [7, 11) is 1.33. The van der Waals surface area contributed by atoms with Crippen molar-refractivity contribution in [2.24, 2.45) is 0 Å². The smallest absolute Gasteiger partial charge is 0.340 e. The molecule has 0 aliphatic carbocycles. The number of hydrogen-bond acceptors (Lipinski definition) is 4. The molecule has 1 unspecified atom stereocenters. The van der Waals surface area contributed by atoms with E-state index in [0.29, 0.717) is 23.4 Å².